The fourth-order valence-corrected chi connectivity index (χ4v) is 10.7. The molecular formula is C44H76O2. The highest BCUT2D eigenvalue weighted by atomic mass is 16.5. The number of hydrogen-bond acceptors (Lipinski definition) is 2. The first-order valence-corrected chi connectivity index (χ1v) is 20.7. The summed E-state index contributed by atoms with van der Waals surface area (Å²) in [5.74, 6) is 5.13. The van der Waals surface area contributed by atoms with Crippen LogP contribution in [0.1, 0.15) is 190 Å². The topological polar surface area (TPSA) is 26.3 Å². The Balaban J connectivity index is 1.16. The number of carbonyl (C=O) groups excluding carboxylic acids is 1. The van der Waals surface area contributed by atoms with E-state index < -0.39 is 0 Å². The van der Waals surface area contributed by atoms with E-state index in [0.717, 1.165) is 42.9 Å². The standard InChI is InChI=1S/C44H76O2/c1-8-9-10-11-12-13-14-15-16-17-18-19-20-21-42(45)46-37-28-30-43(6)36(32-37)24-25-38-40-27-26-39(44(40,7)31-29-41(38)43)35(5)23-22-34(4)33(2)3/h22-23,25,33-37,39-41H,8-21,24,26-32H2,1-7H3/b23-22+/t34-,35+,36-,37+,39+,40-,41-,43-,44+/m0/s1. The van der Waals surface area contributed by atoms with E-state index in [1.54, 1.807) is 0 Å². The molecule has 0 aromatic heterocycles. The first-order valence-electron chi connectivity index (χ1n) is 20.7. The Labute approximate surface area is 286 Å². The Hall–Kier alpha value is -1.05. The van der Waals surface area contributed by atoms with Gasteiger partial charge in [0.25, 0.3) is 0 Å². The fraction of sp³-hybridized carbons (Fsp3) is 0.886. The summed E-state index contributed by atoms with van der Waals surface area (Å²) >= 11 is 0. The lowest BCUT2D eigenvalue weighted by Gasteiger charge is -2.58. The molecule has 3 fully saturated rings. The molecule has 0 radical (unpaired) electrons. The van der Waals surface area contributed by atoms with Gasteiger partial charge in [0.1, 0.15) is 6.10 Å². The van der Waals surface area contributed by atoms with Gasteiger partial charge in [0.15, 0.2) is 0 Å². The van der Waals surface area contributed by atoms with Crippen LogP contribution < -0.4 is 0 Å². The molecule has 9 atom stereocenters. The molecule has 46 heavy (non-hydrogen) atoms. The summed E-state index contributed by atoms with van der Waals surface area (Å²) in [7, 11) is 0. The second-order valence-electron chi connectivity index (χ2n) is 17.7. The second-order valence-corrected chi connectivity index (χ2v) is 17.7. The molecule has 4 aliphatic rings. The predicted molar refractivity (Wildman–Crippen MR) is 198 cm³/mol. The molecule has 0 bridgehead atoms. The van der Waals surface area contributed by atoms with E-state index in [-0.39, 0.29) is 12.1 Å². The summed E-state index contributed by atoms with van der Waals surface area (Å²) in [5.41, 5.74) is 2.69. The van der Waals surface area contributed by atoms with Gasteiger partial charge in [-0.15, -0.1) is 0 Å². The number of unbranched alkanes of at least 4 members (excludes halogenated alkanes) is 12. The zero-order valence-electron chi connectivity index (χ0n) is 31.7. The Bertz CT molecular complexity index is 976. The molecule has 4 aliphatic carbocycles. The minimum atomic E-state index is 0.0695. The molecule has 0 heterocycles. The number of hydrogen-bond donors (Lipinski definition) is 0. The van der Waals surface area contributed by atoms with Crippen LogP contribution in [0.2, 0.25) is 0 Å². The van der Waals surface area contributed by atoms with Crippen molar-refractivity contribution < 1.29 is 9.53 Å². The van der Waals surface area contributed by atoms with Crippen molar-refractivity contribution in [1.82, 2.24) is 0 Å². The summed E-state index contributed by atoms with van der Waals surface area (Å²) in [5, 5.41) is 0. The van der Waals surface area contributed by atoms with Crippen LogP contribution in [0, 0.1) is 52.3 Å². The zero-order valence-corrected chi connectivity index (χ0v) is 31.7. The van der Waals surface area contributed by atoms with Gasteiger partial charge in [0.2, 0.25) is 0 Å². The van der Waals surface area contributed by atoms with Crippen molar-refractivity contribution in [3.63, 3.8) is 0 Å². The van der Waals surface area contributed by atoms with E-state index >= 15 is 0 Å². The molecule has 0 aromatic carbocycles. The van der Waals surface area contributed by atoms with Gasteiger partial charge in [-0.05, 0) is 110 Å². The lowest BCUT2D eigenvalue weighted by molar-refractivity contribution is -0.155. The Kier molecular flexibility index (Phi) is 14.8. The molecule has 0 aliphatic heterocycles. The number of esters is 1. The molecule has 0 saturated heterocycles. The van der Waals surface area contributed by atoms with Crippen molar-refractivity contribution in [2.75, 3.05) is 0 Å². The van der Waals surface area contributed by atoms with Crippen molar-refractivity contribution in [3.8, 4) is 0 Å². The molecule has 2 nitrogen and oxygen atoms in total. The molecule has 0 N–H and O–H groups in total. The highest BCUT2D eigenvalue weighted by Gasteiger charge is 2.58. The Morgan fingerprint density at radius 3 is 2.00 bits per heavy atom. The van der Waals surface area contributed by atoms with Crippen molar-refractivity contribution in [1.29, 1.82) is 0 Å². The third-order valence-corrected chi connectivity index (χ3v) is 14.3. The van der Waals surface area contributed by atoms with Crippen molar-refractivity contribution >= 4 is 5.97 Å². The van der Waals surface area contributed by atoms with Crippen LogP contribution in [0.15, 0.2) is 23.8 Å². The average Bonchev–Trinajstić information content (AvgIpc) is 3.39. The van der Waals surface area contributed by atoms with Gasteiger partial charge in [-0.2, -0.15) is 0 Å². The average molecular weight is 637 g/mol. The smallest absolute Gasteiger partial charge is 0.306 e. The number of ether oxygens (including phenoxy) is 1. The van der Waals surface area contributed by atoms with Crippen LogP contribution in [-0.2, 0) is 9.53 Å². The lowest BCUT2D eigenvalue weighted by Crippen LogP contribution is -2.50. The third kappa shape index (κ3) is 9.55. The second kappa shape index (κ2) is 18.1. The Morgan fingerprint density at radius 1 is 0.783 bits per heavy atom. The van der Waals surface area contributed by atoms with Gasteiger partial charge in [0, 0.05) is 6.42 Å². The maximum Gasteiger partial charge on any atom is 0.306 e. The maximum atomic E-state index is 12.8. The minimum Gasteiger partial charge on any atom is -0.462 e. The molecule has 3 saturated carbocycles. The van der Waals surface area contributed by atoms with Gasteiger partial charge >= 0.3 is 5.97 Å². The largest absolute Gasteiger partial charge is 0.462 e. The maximum absolute atomic E-state index is 12.8. The molecule has 0 amide bonds. The SMILES string of the molecule is CCCCCCCCCCCCCCCC(=O)O[C@@H]1CC[C@@]2(C)[C@@H](CC=C3[C@@H]2CC[C@]2(C)[C@@H]([C@H](C)/C=C/[C@H](C)C(C)C)CC[C@@H]32)C1. The van der Waals surface area contributed by atoms with E-state index in [9.17, 15) is 4.79 Å². The summed E-state index contributed by atoms with van der Waals surface area (Å²) in [4.78, 5) is 12.8. The summed E-state index contributed by atoms with van der Waals surface area (Å²) in [6.45, 7) is 17.1. The van der Waals surface area contributed by atoms with E-state index in [4.69, 9.17) is 4.74 Å². The highest BCUT2D eigenvalue weighted by molar-refractivity contribution is 5.69. The van der Waals surface area contributed by atoms with Crippen LogP contribution in [0.25, 0.3) is 0 Å². The molecule has 4 rings (SSSR count). The number of carbonyl (C=O) groups is 1. The van der Waals surface area contributed by atoms with Gasteiger partial charge in [0.05, 0.1) is 0 Å². The van der Waals surface area contributed by atoms with E-state index in [1.165, 1.54) is 116 Å². The van der Waals surface area contributed by atoms with Crippen LogP contribution in [0.4, 0.5) is 0 Å². The van der Waals surface area contributed by atoms with Crippen LogP contribution >= 0.6 is 0 Å². The van der Waals surface area contributed by atoms with E-state index in [0.29, 0.717) is 35.0 Å². The van der Waals surface area contributed by atoms with Crippen molar-refractivity contribution in [2.24, 2.45) is 52.3 Å². The summed E-state index contributed by atoms with van der Waals surface area (Å²) in [6.07, 6.45) is 36.1. The first-order chi connectivity index (χ1) is 22.1. The molecule has 0 unspecified atom stereocenters. The molecule has 0 spiro atoms. The van der Waals surface area contributed by atoms with Crippen LogP contribution in [0.5, 0.6) is 0 Å². The molecular weight excluding hydrogens is 560 g/mol. The van der Waals surface area contributed by atoms with Crippen molar-refractivity contribution in [2.45, 2.75) is 196 Å². The molecule has 0 aromatic rings. The Morgan fingerprint density at radius 2 is 1.37 bits per heavy atom. The lowest BCUT2D eigenvalue weighted by atomic mass is 9.47. The summed E-state index contributed by atoms with van der Waals surface area (Å²) < 4.78 is 6.14. The quantitative estimate of drug-likeness (QED) is 0.0801. The number of allylic oxidation sites excluding steroid dienone is 4. The van der Waals surface area contributed by atoms with Gasteiger partial charge < -0.3 is 4.74 Å². The van der Waals surface area contributed by atoms with Crippen LogP contribution in [0.3, 0.4) is 0 Å². The monoisotopic (exact) mass is 637 g/mol. The first kappa shape index (κ1) is 37.8. The molecule has 264 valence electrons. The zero-order chi connectivity index (χ0) is 33.2. The minimum absolute atomic E-state index is 0.0695. The van der Waals surface area contributed by atoms with Gasteiger partial charge in [-0.3, -0.25) is 4.79 Å². The summed E-state index contributed by atoms with van der Waals surface area (Å²) in [6, 6.07) is 0. The van der Waals surface area contributed by atoms with Crippen LogP contribution in [-0.4, -0.2) is 12.1 Å². The normalized spacial score (nSPS) is 33.7. The highest BCUT2D eigenvalue weighted by Crippen LogP contribution is 2.67. The van der Waals surface area contributed by atoms with Gasteiger partial charge in [-0.25, -0.2) is 0 Å². The third-order valence-electron chi connectivity index (χ3n) is 14.3. The number of fused-ring (bicyclic) bond motifs is 5. The van der Waals surface area contributed by atoms with Crippen molar-refractivity contribution in [3.05, 3.63) is 23.8 Å². The fourth-order valence-electron chi connectivity index (χ4n) is 10.7. The number of rotatable bonds is 19. The predicted octanol–water partition coefficient (Wildman–Crippen LogP) is 13.4. The van der Waals surface area contributed by atoms with E-state index in [2.05, 4.69) is 66.7 Å². The molecule has 2 heteroatoms. The van der Waals surface area contributed by atoms with E-state index in [1.807, 2.05) is 5.57 Å². The van der Waals surface area contributed by atoms with Gasteiger partial charge in [-0.1, -0.05) is 149 Å².